The molecule has 0 radical (unpaired) electrons. The quantitative estimate of drug-likeness (QED) is 0.273. The smallest absolute Gasteiger partial charge is 0.195 e. The Bertz CT molecular complexity index is 1060. The van der Waals surface area contributed by atoms with Gasteiger partial charge in [0.05, 0.1) is 25.6 Å². The monoisotopic (exact) mass is 551 g/mol. The summed E-state index contributed by atoms with van der Waals surface area (Å²) < 4.78 is 29.0. The van der Waals surface area contributed by atoms with Gasteiger partial charge in [-0.2, -0.15) is 0 Å². The minimum Gasteiger partial charge on any atom is -0.411 e. The molecule has 37 heavy (non-hydrogen) atoms. The molecular weight excluding hydrogens is 502 g/mol. The Morgan fingerprint density at radius 1 is 1.05 bits per heavy atom. The predicted molar refractivity (Wildman–Crippen MR) is 153 cm³/mol. The summed E-state index contributed by atoms with van der Waals surface area (Å²) in [6.07, 6.45) is 4.97. The molecule has 2 aromatic heterocycles. The lowest BCUT2D eigenvalue weighted by Gasteiger charge is -2.40. The molecule has 3 rings (SSSR count). The zero-order valence-electron chi connectivity index (χ0n) is 24.8. The van der Waals surface area contributed by atoms with Gasteiger partial charge in [-0.15, -0.1) is 0 Å². The largest absolute Gasteiger partial charge is 0.411 e. The number of nitrogens with zero attached hydrogens (tertiary/aromatic N) is 4. The van der Waals surface area contributed by atoms with Crippen LogP contribution in [0.5, 0.6) is 0 Å². The normalized spacial score (nSPS) is 23.8. The van der Waals surface area contributed by atoms with Gasteiger partial charge in [-0.25, -0.2) is 15.0 Å². The van der Waals surface area contributed by atoms with Crippen LogP contribution in [-0.2, 0) is 18.3 Å². The van der Waals surface area contributed by atoms with Crippen LogP contribution >= 0.6 is 0 Å². The standard InChI is InChI=1S/C26H49N5O4Si2/c1-12-13-14-32-26(16-33-36(8,9)24(2,3)4)15-19(35-37(10,11)25(5,6)7)23(34-26)31-18-30-20-21(27)28-17-29-22(20)31/h17-19,23H,12-16H2,1-11H3,(H2,27,28,29)/t19-,23-,26+/m1/s1. The van der Waals surface area contributed by atoms with Crippen molar-refractivity contribution in [3.05, 3.63) is 12.7 Å². The highest BCUT2D eigenvalue weighted by molar-refractivity contribution is 6.74. The molecule has 0 amide bonds. The van der Waals surface area contributed by atoms with E-state index in [0.29, 0.717) is 36.6 Å². The highest BCUT2D eigenvalue weighted by Gasteiger charge is 2.54. The second-order valence-electron chi connectivity index (χ2n) is 13.4. The molecule has 1 aliphatic heterocycles. The summed E-state index contributed by atoms with van der Waals surface area (Å²) in [5.41, 5.74) is 7.28. The number of fused-ring (bicyclic) bond motifs is 1. The minimum atomic E-state index is -2.15. The van der Waals surface area contributed by atoms with E-state index in [1.165, 1.54) is 6.33 Å². The molecule has 11 heteroatoms. The van der Waals surface area contributed by atoms with Gasteiger partial charge in [0.2, 0.25) is 0 Å². The van der Waals surface area contributed by atoms with E-state index >= 15 is 0 Å². The summed E-state index contributed by atoms with van der Waals surface area (Å²) in [6, 6.07) is 0. The van der Waals surface area contributed by atoms with Crippen LogP contribution in [0, 0.1) is 0 Å². The lowest BCUT2D eigenvalue weighted by Crippen LogP contribution is -2.48. The molecule has 2 N–H and O–H groups in total. The molecule has 9 nitrogen and oxygen atoms in total. The van der Waals surface area contributed by atoms with E-state index in [1.807, 2.05) is 4.57 Å². The van der Waals surface area contributed by atoms with Crippen molar-refractivity contribution in [2.24, 2.45) is 0 Å². The van der Waals surface area contributed by atoms with Crippen molar-refractivity contribution in [1.82, 2.24) is 19.5 Å². The molecule has 0 unspecified atom stereocenters. The summed E-state index contributed by atoms with van der Waals surface area (Å²) in [5, 5.41) is 0.106. The molecular formula is C26H49N5O4Si2. The topological polar surface area (TPSA) is 107 Å². The van der Waals surface area contributed by atoms with Crippen molar-refractivity contribution < 1.29 is 18.3 Å². The van der Waals surface area contributed by atoms with E-state index in [9.17, 15) is 0 Å². The van der Waals surface area contributed by atoms with Crippen LogP contribution in [0.15, 0.2) is 12.7 Å². The molecule has 3 atom stereocenters. The van der Waals surface area contributed by atoms with Crippen molar-refractivity contribution in [1.29, 1.82) is 0 Å². The van der Waals surface area contributed by atoms with Gasteiger partial charge in [0.25, 0.3) is 0 Å². The molecule has 2 aromatic rings. The van der Waals surface area contributed by atoms with Crippen molar-refractivity contribution in [2.75, 3.05) is 18.9 Å². The number of aromatic nitrogens is 4. The van der Waals surface area contributed by atoms with Gasteiger partial charge >= 0.3 is 0 Å². The number of imidazole rings is 1. The number of ether oxygens (including phenoxy) is 2. The van der Waals surface area contributed by atoms with Gasteiger partial charge in [0.15, 0.2) is 40.1 Å². The summed E-state index contributed by atoms with van der Waals surface area (Å²) >= 11 is 0. The second kappa shape index (κ2) is 10.7. The Morgan fingerprint density at radius 3 is 2.30 bits per heavy atom. The highest BCUT2D eigenvalue weighted by atomic mass is 28.4. The van der Waals surface area contributed by atoms with E-state index in [1.54, 1.807) is 6.33 Å². The molecule has 0 saturated carbocycles. The van der Waals surface area contributed by atoms with Crippen LogP contribution < -0.4 is 5.73 Å². The Labute approximate surface area is 225 Å². The van der Waals surface area contributed by atoms with Crippen molar-refractivity contribution >= 4 is 33.6 Å². The van der Waals surface area contributed by atoms with Crippen molar-refractivity contribution in [2.45, 2.75) is 122 Å². The molecule has 0 aliphatic carbocycles. The molecule has 3 heterocycles. The molecule has 0 aromatic carbocycles. The number of unbranched alkanes of at least 4 members (excludes halogenated alkanes) is 1. The Balaban J connectivity index is 2.03. The van der Waals surface area contributed by atoms with Gasteiger partial charge in [0, 0.05) is 6.42 Å². The van der Waals surface area contributed by atoms with E-state index in [2.05, 4.69) is 89.6 Å². The van der Waals surface area contributed by atoms with Crippen LogP contribution in [0.1, 0.15) is 74.0 Å². The van der Waals surface area contributed by atoms with Crippen LogP contribution in [0.4, 0.5) is 5.82 Å². The van der Waals surface area contributed by atoms with E-state index in [-0.39, 0.29) is 16.2 Å². The van der Waals surface area contributed by atoms with Gasteiger partial charge < -0.3 is 24.1 Å². The average Bonchev–Trinajstić information content (AvgIpc) is 3.33. The summed E-state index contributed by atoms with van der Waals surface area (Å²) in [4.78, 5) is 13.1. The zero-order valence-corrected chi connectivity index (χ0v) is 26.8. The first kappa shape index (κ1) is 30.2. The van der Waals surface area contributed by atoms with E-state index < -0.39 is 28.6 Å². The molecule has 1 aliphatic rings. The molecule has 1 saturated heterocycles. The second-order valence-corrected chi connectivity index (χ2v) is 22.9. The maximum atomic E-state index is 7.01. The van der Waals surface area contributed by atoms with E-state index in [4.69, 9.17) is 24.1 Å². The first-order valence-electron chi connectivity index (χ1n) is 13.5. The number of hydrogen-bond donors (Lipinski definition) is 1. The third-order valence-corrected chi connectivity index (χ3v) is 17.4. The number of hydrogen-bond acceptors (Lipinski definition) is 8. The molecule has 1 fully saturated rings. The fourth-order valence-corrected chi connectivity index (χ4v) is 6.16. The van der Waals surface area contributed by atoms with Crippen LogP contribution in [0.25, 0.3) is 11.2 Å². The number of nitrogens with two attached hydrogens (primary N) is 1. The Hall–Kier alpha value is -1.38. The number of nitrogen functional groups attached to an aromatic ring is 1. The molecule has 210 valence electrons. The lowest BCUT2D eigenvalue weighted by atomic mass is 10.1. The van der Waals surface area contributed by atoms with Gasteiger partial charge in [-0.05, 0) is 42.7 Å². The van der Waals surface area contributed by atoms with Gasteiger partial charge in [-0.3, -0.25) is 4.57 Å². The summed E-state index contributed by atoms with van der Waals surface area (Å²) in [7, 11) is -4.21. The maximum Gasteiger partial charge on any atom is 0.195 e. The third kappa shape index (κ3) is 6.44. The SMILES string of the molecule is CCCCO[C@@]1(CO[Si](C)(C)C(C)(C)C)C[C@@H](O[Si](C)(C)C(C)(C)C)[C@H](n2cnc3c(N)ncnc32)O1. The van der Waals surface area contributed by atoms with Gasteiger partial charge in [-0.1, -0.05) is 54.9 Å². The fraction of sp³-hybridized carbons (Fsp3) is 0.808. The maximum absolute atomic E-state index is 7.01. The molecule has 0 bridgehead atoms. The van der Waals surface area contributed by atoms with Crippen LogP contribution in [0.3, 0.4) is 0 Å². The van der Waals surface area contributed by atoms with Crippen molar-refractivity contribution in [3.63, 3.8) is 0 Å². The minimum absolute atomic E-state index is 0.0348. The summed E-state index contributed by atoms with van der Waals surface area (Å²) in [5.74, 6) is -0.590. The highest BCUT2D eigenvalue weighted by Crippen LogP contribution is 2.47. The van der Waals surface area contributed by atoms with Crippen molar-refractivity contribution in [3.8, 4) is 0 Å². The number of anilines is 1. The number of rotatable bonds is 10. The fourth-order valence-electron chi connectivity index (χ4n) is 3.84. The van der Waals surface area contributed by atoms with Crippen LogP contribution in [0.2, 0.25) is 36.3 Å². The summed E-state index contributed by atoms with van der Waals surface area (Å²) in [6.45, 7) is 25.6. The first-order chi connectivity index (χ1) is 16.9. The van der Waals surface area contributed by atoms with E-state index in [0.717, 1.165) is 12.8 Å². The molecule has 0 spiro atoms. The average molecular weight is 552 g/mol. The predicted octanol–water partition coefficient (Wildman–Crippen LogP) is 6.25. The Morgan fingerprint density at radius 2 is 1.70 bits per heavy atom. The third-order valence-electron chi connectivity index (χ3n) is 8.40. The first-order valence-corrected chi connectivity index (χ1v) is 19.3. The van der Waals surface area contributed by atoms with Crippen LogP contribution in [-0.4, -0.2) is 61.3 Å². The van der Waals surface area contributed by atoms with Gasteiger partial charge in [0.1, 0.15) is 11.8 Å². The zero-order chi connectivity index (χ0) is 27.9. The lowest BCUT2D eigenvalue weighted by molar-refractivity contribution is -0.253. The Kier molecular flexibility index (Phi) is 8.68.